The number of amides is 1. The maximum atomic E-state index is 12.1. The summed E-state index contributed by atoms with van der Waals surface area (Å²) in [7, 11) is 0. The number of para-hydroxylation sites is 1. The van der Waals surface area contributed by atoms with Gasteiger partial charge in [-0.2, -0.15) is 0 Å². The first-order valence-corrected chi connectivity index (χ1v) is 7.11. The number of rotatable bonds is 3. The molecular formula is C15H18N4O. The monoisotopic (exact) mass is 270 g/mol. The first-order chi connectivity index (χ1) is 9.83. The second-order valence-corrected chi connectivity index (χ2v) is 5.16. The summed E-state index contributed by atoms with van der Waals surface area (Å²) in [6.07, 6.45) is 7.35. The molecule has 1 fully saturated rings. The molecule has 0 spiro atoms. The molecule has 1 aliphatic carbocycles. The quantitative estimate of drug-likeness (QED) is 0.931. The number of carbonyl (C=O) groups is 1. The number of nitrogens with zero attached hydrogens (tertiary/aromatic N) is 3. The van der Waals surface area contributed by atoms with Crippen LogP contribution in [0.15, 0.2) is 36.7 Å². The van der Waals surface area contributed by atoms with Gasteiger partial charge in [0.2, 0.25) is 5.82 Å². The van der Waals surface area contributed by atoms with E-state index in [0.29, 0.717) is 0 Å². The molecule has 5 nitrogen and oxygen atoms in total. The number of hydrogen-bond donors (Lipinski definition) is 1. The van der Waals surface area contributed by atoms with Crippen LogP contribution in [0.1, 0.15) is 42.7 Å². The smallest absolute Gasteiger partial charge is 0.291 e. The van der Waals surface area contributed by atoms with Gasteiger partial charge in [-0.25, -0.2) is 9.67 Å². The highest BCUT2D eigenvalue weighted by molar-refractivity contribution is 5.90. The van der Waals surface area contributed by atoms with Gasteiger partial charge in [0.15, 0.2) is 0 Å². The van der Waals surface area contributed by atoms with Crippen LogP contribution in [-0.4, -0.2) is 26.7 Å². The summed E-state index contributed by atoms with van der Waals surface area (Å²) in [6.45, 7) is 0. The molecular weight excluding hydrogens is 252 g/mol. The third kappa shape index (κ3) is 2.87. The van der Waals surface area contributed by atoms with E-state index in [-0.39, 0.29) is 17.8 Å². The van der Waals surface area contributed by atoms with Crippen molar-refractivity contribution >= 4 is 5.91 Å². The Bertz CT molecular complexity index is 573. The zero-order valence-corrected chi connectivity index (χ0v) is 11.3. The summed E-state index contributed by atoms with van der Waals surface area (Å²) >= 11 is 0. The molecule has 1 N–H and O–H groups in total. The third-order valence-corrected chi connectivity index (χ3v) is 3.66. The average Bonchev–Trinajstić information content (AvgIpc) is 2.99. The van der Waals surface area contributed by atoms with Crippen LogP contribution in [0.2, 0.25) is 0 Å². The maximum absolute atomic E-state index is 12.1. The van der Waals surface area contributed by atoms with Crippen molar-refractivity contribution in [3.63, 3.8) is 0 Å². The fraction of sp³-hybridized carbons (Fsp3) is 0.400. The van der Waals surface area contributed by atoms with E-state index in [4.69, 9.17) is 0 Å². The van der Waals surface area contributed by atoms with Gasteiger partial charge in [0.05, 0.1) is 5.69 Å². The maximum Gasteiger partial charge on any atom is 0.291 e. The molecule has 1 aromatic carbocycles. The Hall–Kier alpha value is -2.17. The van der Waals surface area contributed by atoms with Crippen molar-refractivity contribution in [3.05, 3.63) is 42.5 Å². The number of benzene rings is 1. The van der Waals surface area contributed by atoms with Gasteiger partial charge in [-0.05, 0) is 25.0 Å². The summed E-state index contributed by atoms with van der Waals surface area (Å²) in [5, 5.41) is 7.26. The van der Waals surface area contributed by atoms with Crippen LogP contribution in [0.5, 0.6) is 0 Å². The molecule has 1 saturated carbocycles. The molecule has 20 heavy (non-hydrogen) atoms. The lowest BCUT2D eigenvalue weighted by atomic mass is 9.95. The number of aromatic nitrogens is 3. The molecule has 0 atom stereocenters. The summed E-state index contributed by atoms with van der Waals surface area (Å²) in [5.41, 5.74) is 0.900. The first-order valence-electron chi connectivity index (χ1n) is 7.11. The molecule has 0 radical (unpaired) electrons. The summed E-state index contributed by atoms with van der Waals surface area (Å²) in [5.74, 6) is 0.0611. The van der Waals surface area contributed by atoms with E-state index in [9.17, 15) is 4.79 Å². The second kappa shape index (κ2) is 5.86. The molecule has 0 unspecified atom stereocenters. The number of nitrogens with one attached hydrogen (secondary N) is 1. The van der Waals surface area contributed by atoms with Crippen LogP contribution in [0, 0.1) is 0 Å². The lowest BCUT2D eigenvalue weighted by molar-refractivity contribution is 0.0917. The fourth-order valence-electron chi connectivity index (χ4n) is 2.57. The first kappa shape index (κ1) is 12.8. The molecule has 0 saturated heterocycles. The van der Waals surface area contributed by atoms with Crippen molar-refractivity contribution in [1.29, 1.82) is 0 Å². The van der Waals surface area contributed by atoms with Crippen molar-refractivity contribution in [2.45, 2.75) is 38.1 Å². The van der Waals surface area contributed by atoms with Crippen LogP contribution in [0.25, 0.3) is 5.69 Å². The number of hydrogen-bond acceptors (Lipinski definition) is 3. The van der Waals surface area contributed by atoms with E-state index in [1.807, 2.05) is 30.3 Å². The Balaban J connectivity index is 1.68. The molecule has 2 aromatic rings. The molecule has 1 heterocycles. The van der Waals surface area contributed by atoms with Crippen LogP contribution >= 0.6 is 0 Å². The molecule has 1 aliphatic rings. The zero-order chi connectivity index (χ0) is 13.8. The Labute approximate surface area is 118 Å². The SMILES string of the molecule is O=C(NC1CCCCC1)c1ncn(-c2ccccc2)n1. The fourth-order valence-corrected chi connectivity index (χ4v) is 2.57. The summed E-state index contributed by atoms with van der Waals surface area (Å²) < 4.78 is 1.62. The Morgan fingerprint density at radius 1 is 1.15 bits per heavy atom. The lowest BCUT2D eigenvalue weighted by Gasteiger charge is -2.21. The van der Waals surface area contributed by atoms with Crippen molar-refractivity contribution < 1.29 is 4.79 Å². The minimum atomic E-state index is -0.174. The van der Waals surface area contributed by atoms with E-state index in [0.717, 1.165) is 18.5 Å². The van der Waals surface area contributed by atoms with E-state index >= 15 is 0 Å². The number of carbonyl (C=O) groups excluding carboxylic acids is 1. The second-order valence-electron chi connectivity index (χ2n) is 5.16. The average molecular weight is 270 g/mol. The minimum Gasteiger partial charge on any atom is -0.347 e. The molecule has 1 amide bonds. The van der Waals surface area contributed by atoms with Gasteiger partial charge in [0, 0.05) is 6.04 Å². The Morgan fingerprint density at radius 2 is 1.90 bits per heavy atom. The molecule has 0 aliphatic heterocycles. The van der Waals surface area contributed by atoms with Crippen LogP contribution in [0.3, 0.4) is 0 Å². The van der Waals surface area contributed by atoms with Crippen LogP contribution < -0.4 is 5.32 Å². The largest absolute Gasteiger partial charge is 0.347 e. The predicted octanol–water partition coefficient (Wildman–Crippen LogP) is 2.33. The van der Waals surface area contributed by atoms with Crippen LogP contribution in [-0.2, 0) is 0 Å². The van der Waals surface area contributed by atoms with Gasteiger partial charge in [0.1, 0.15) is 6.33 Å². The standard InChI is InChI=1S/C15H18N4O/c20-15(17-12-7-3-1-4-8-12)14-16-11-19(18-14)13-9-5-2-6-10-13/h2,5-6,9-12H,1,3-4,7-8H2,(H,17,20). The Morgan fingerprint density at radius 3 is 2.65 bits per heavy atom. The van der Waals surface area contributed by atoms with E-state index < -0.39 is 0 Å². The minimum absolute atomic E-state index is 0.174. The van der Waals surface area contributed by atoms with Crippen molar-refractivity contribution in [3.8, 4) is 5.69 Å². The highest BCUT2D eigenvalue weighted by Gasteiger charge is 2.19. The van der Waals surface area contributed by atoms with Gasteiger partial charge >= 0.3 is 0 Å². The highest BCUT2D eigenvalue weighted by atomic mass is 16.2. The molecule has 5 heteroatoms. The summed E-state index contributed by atoms with van der Waals surface area (Å²) in [6, 6.07) is 9.93. The molecule has 3 rings (SSSR count). The van der Waals surface area contributed by atoms with E-state index in [1.165, 1.54) is 19.3 Å². The molecule has 0 bridgehead atoms. The zero-order valence-electron chi connectivity index (χ0n) is 11.3. The topological polar surface area (TPSA) is 59.8 Å². The van der Waals surface area contributed by atoms with Crippen molar-refractivity contribution in [2.75, 3.05) is 0 Å². The van der Waals surface area contributed by atoms with Gasteiger partial charge in [0.25, 0.3) is 5.91 Å². The van der Waals surface area contributed by atoms with Gasteiger partial charge in [-0.1, -0.05) is 37.5 Å². The Kier molecular flexibility index (Phi) is 3.76. The third-order valence-electron chi connectivity index (χ3n) is 3.66. The van der Waals surface area contributed by atoms with Gasteiger partial charge < -0.3 is 5.32 Å². The van der Waals surface area contributed by atoms with E-state index in [2.05, 4.69) is 15.4 Å². The van der Waals surface area contributed by atoms with Crippen molar-refractivity contribution in [2.24, 2.45) is 0 Å². The van der Waals surface area contributed by atoms with Gasteiger partial charge in [-0.15, -0.1) is 5.10 Å². The van der Waals surface area contributed by atoms with E-state index in [1.54, 1.807) is 11.0 Å². The van der Waals surface area contributed by atoms with Crippen LogP contribution in [0.4, 0.5) is 0 Å². The summed E-state index contributed by atoms with van der Waals surface area (Å²) in [4.78, 5) is 16.2. The predicted molar refractivity (Wildman–Crippen MR) is 75.7 cm³/mol. The van der Waals surface area contributed by atoms with Crippen molar-refractivity contribution in [1.82, 2.24) is 20.1 Å². The highest BCUT2D eigenvalue weighted by Crippen LogP contribution is 2.17. The molecule has 1 aromatic heterocycles. The van der Waals surface area contributed by atoms with Gasteiger partial charge in [-0.3, -0.25) is 4.79 Å². The molecule has 104 valence electrons. The lowest BCUT2D eigenvalue weighted by Crippen LogP contribution is -2.36. The normalized spacial score (nSPS) is 16.0.